The standard InChI is InChI=1S/C21H25F3N4O/c1-3-27(2)17-9-4-8-16(13-17)26-20(29)15-7-6-12-28(14-15)19-18(21(22,23)24)10-5-11-25-19/h4-5,8-11,13,15H,3,6-7,12,14H2,1-2H3,(H,26,29). The van der Waals surface area contributed by atoms with Gasteiger partial charge in [0.15, 0.2) is 0 Å². The molecule has 1 aliphatic heterocycles. The summed E-state index contributed by atoms with van der Waals surface area (Å²) in [6.45, 7) is 3.52. The van der Waals surface area contributed by atoms with Crippen molar-refractivity contribution in [3.8, 4) is 0 Å². The Labute approximate surface area is 168 Å². The molecule has 0 bridgehead atoms. The fourth-order valence-corrected chi connectivity index (χ4v) is 3.50. The maximum absolute atomic E-state index is 13.3. The molecule has 0 saturated carbocycles. The first-order chi connectivity index (χ1) is 13.8. The number of benzene rings is 1. The van der Waals surface area contributed by atoms with Crippen LogP contribution in [0, 0.1) is 5.92 Å². The van der Waals surface area contributed by atoms with Gasteiger partial charge >= 0.3 is 6.18 Å². The lowest BCUT2D eigenvalue weighted by molar-refractivity contribution is -0.137. The maximum Gasteiger partial charge on any atom is 0.419 e. The molecule has 1 atom stereocenters. The molecule has 0 radical (unpaired) electrons. The topological polar surface area (TPSA) is 48.5 Å². The van der Waals surface area contributed by atoms with Gasteiger partial charge in [0.05, 0.1) is 11.5 Å². The predicted molar refractivity (Wildman–Crippen MR) is 108 cm³/mol. The van der Waals surface area contributed by atoms with E-state index in [9.17, 15) is 18.0 Å². The Morgan fingerprint density at radius 1 is 1.31 bits per heavy atom. The van der Waals surface area contributed by atoms with Crippen LogP contribution < -0.4 is 15.1 Å². The van der Waals surface area contributed by atoms with Gasteiger partial charge in [-0.1, -0.05) is 6.07 Å². The van der Waals surface area contributed by atoms with Gasteiger partial charge in [0.25, 0.3) is 0 Å². The molecule has 1 fully saturated rings. The Kier molecular flexibility index (Phi) is 6.30. The molecule has 1 aromatic carbocycles. The first-order valence-electron chi connectivity index (χ1n) is 9.68. The summed E-state index contributed by atoms with van der Waals surface area (Å²) in [5.74, 6) is -0.695. The minimum absolute atomic E-state index is 0.107. The number of carbonyl (C=O) groups excluding carboxylic acids is 1. The molecule has 3 rings (SSSR count). The van der Waals surface area contributed by atoms with Crippen LogP contribution in [0.1, 0.15) is 25.3 Å². The van der Waals surface area contributed by atoms with Crippen LogP contribution in [-0.4, -0.2) is 37.6 Å². The van der Waals surface area contributed by atoms with Crippen LogP contribution in [0.3, 0.4) is 0 Å². The molecule has 29 heavy (non-hydrogen) atoms. The Morgan fingerprint density at radius 2 is 2.10 bits per heavy atom. The van der Waals surface area contributed by atoms with Crippen molar-refractivity contribution in [1.29, 1.82) is 0 Å². The molecule has 1 amide bonds. The summed E-state index contributed by atoms with van der Waals surface area (Å²) >= 11 is 0. The summed E-state index contributed by atoms with van der Waals surface area (Å²) in [7, 11) is 1.96. The minimum atomic E-state index is -4.48. The highest BCUT2D eigenvalue weighted by molar-refractivity contribution is 5.93. The lowest BCUT2D eigenvalue weighted by Gasteiger charge is -2.34. The van der Waals surface area contributed by atoms with Crippen molar-refractivity contribution in [2.24, 2.45) is 5.92 Å². The van der Waals surface area contributed by atoms with E-state index < -0.39 is 17.7 Å². The van der Waals surface area contributed by atoms with Gasteiger partial charge in [-0.05, 0) is 50.1 Å². The number of hydrogen-bond donors (Lipinski definition) is 1. The summed E-state index contributed by atoms with van der Waals surface area (Å²) in [6, 6.07) is 9.84. The van der Waals surface area contributed by atoms with Gasteiger partial charge in [-0.3, -0.25) is 4.79 Å². The molecule has 5 nitrogen and oxygen atoms in total. The quantitative estimate of drug-likeness (QED) is 0.799. The SMILES string of the molecule is CCN(C)c1cccc(NC(=O)C2CCCN(c3ncccc3C(F)(F)F)C2)c1. The zero-order valence-electron chi connectivity index (χ0n) is 16.5. The number of alkyl halides is 3. The third-order valence-corrected chi connectivity index (χ3v) is 5.21. The van der Waals surface area contributed by atoms with E-state index in [4.69, 9.17) is 0 Å². The number of halogens is 3. The average Bonchev–Trinajstić information content (AvgIpc) is 2.73. The number of anilines is 3. The highest BCUT2D eigenvalue weighted by Crippen LogP contribution is 2.36. The third kappa shape index (κ3) is 4.99. The summed E-state index contributed by atoms with van der Waals surface area (Å²) in [4.78, 5) is 20.4. The summed E-state index contributed by atoms with van der Waals surface area (Å²) in [5.41, 5.74) is 0.897. The van der Waals surface area contributed by atoms with Gasteiger partial charge in [0, 0.05) is 44.3 Å². The second-order valence-electron chi connectivity index (χ2n) is 7.21. The highest BCUT2D eigenvalue weighted by atomic mass is 19.4. The van der Waals surface area contributed by atoms with E-state index in [0.717, 1.165) is 18.3 Å². The fraction of sp³-hybridized carbons (Fsp3) is 0.429. The molecule has 156 valence electrons. The van der Waals surface area contributed by atoms with Crippen molar-refractivity contribution in [2.75, 3.05) is 41.8 Å². The maximum atomic E-state index is 13.3. The largest absolute Gasteiger partial charge is 0.419 e. The van der Waals surface area contributed by atoms with E-state index in [-0.39, 0.29) is 18.3 Å². The van der Waals surface area contributed by atoms with Crippen molar-refractivity contribution in [2.45, 2.75) is 25.9 Å². The molecule has 0 spiro atoms. The molecule has 2 aromatic rings. The number of nitrogens with zero attached hydrogens (tertiary/aromatic N) is 3. The van der Waals surface area contributed by atoms with Gasteiger partial charge in [-0.15, -0.1) is 0 Å². The third-order valence-electron chi connectivity index (χ3n) is 5.21. The molecule has 2 heterocycles. The summed E-state index contributed by atoms with van der Waals surface area (Å²) < 4.78 is 40.0. The Bertz CT molecular complexity index is 856. The van der Waals surface area contributed by atoms with Crippen molar-refractivity contribution in [3.63, 3.8) is 0 Å². The highest BCUT2D eigenvalue weighted by Gasteiger charge is 2.37. The predicted octanol–water partition coefficient (Wildman–Crippen LogP) is 4.41. The smallest absolute Gasteiger partial charge is 0.375 e. The van der Waals surface area contributed by atoms with Gasteiger partial charge in [-0.2, -0.15) is 13.2 Å². The van der Waals surface area contributed by atoms with Crippen molar-refractivity contribution in [3.05, 3.63) is 48.2 Å². The van der Waals surface area contributed by atoms with Gasteiger partial charge in [0.2, 0.25) is 5.91 Å². The second kappa shape index (κ2) is 8.71. The van der Waals surface area contributed by atoms with E-state index in [1.807, 2.05) is 38.2 Å². The Hall–Kier alpha value is -2.77. The number of hydrogen-bond acceptors (Lipinski definition) is 4. The Balaban J connectivity index is 1.73. The van der Waals surface area contributed by atoms with E-state index in [1.165, 1.54) is 12.3 Å². The van der Waals surface area contributed by atoms with E-state index >= 15 is 0 Å². The van der Waals surface area contributed by atoms with Crippen LogP contribution in [0.25, 0.3) is 0 Å². The summed E-state index contributed by atoms with van der Waals surface area (Å²) in [5, 5.41) is 2.91. The number of nitrogens with one attached hydrogen (secondary N) is 1. The zero-order chi connectivity index (χ0) is 21.0. The zero-order valence-corrected chi connectivity index (χ0v) is 16.5. The first kappa shape index (κ1) is 21.0. The normalized spacial score (nSPS) is 17.1. The van der Waals surface area contributed by atoms with Crippen LogP contribution in [0.5, 0.6) is 0 Å². The number of amides is 1. The number of piperidine rings is 1. The second-order valence-corrected chi connectivity index (χ2v) is 7.21. The van der Waals surface area contributed by atoms with Crippen molar-refractivity contribution >= 4 is 23.1 Å². The number of aromatic nitrogens is 1. The van der Waals surface area contributed by atoms with Crippen LogP contribution >= 0.6 is 0 Å². The monoisotopic (exact) mass is 406 g/mol. The van der Waals surface area contributed by atoms with Gasteiger partial charge in [-0.25, -0.2) is 4.98 Å². The van der Waals surface area contributed by atoms with Crippen LogP contribution in [-0.2, 0) is 11.0 Å². The van der Waals surface area contributed by atoms with E-state index in [2.05, 4.69) is 15.2 Å². The molecule has 1 unspecified atom stereocenters. The first-order valence-corrected chi connectivity index (χ1v) is 9.68. The molecule has 8 heteroatoms. The fourth-order valence-electron chi connectivity index (χ4n) is 3.50. The lowest BCUT2D eigenvalue weighted by atomic mass is 9.96. The van der Waals surface area contributed by atoms with Gasteiger partial charge < -0.3 is 15.1 Å². The number of carbonyl (C=O) groups is 1. The molecule has 1 aromatic heterocycles. The molecular formula is C21H25F3N4O. The molecule has 1 saturated heterocycles. The number of pyridine rings is 1. The van der Waals surface area contributed by atoms with Crippen LogP contribution in [0.15, 0.2) is 42.6 Å². The molecule has 0 aliphatic carbocycles. The minimum Gasteiger partial charge on any atom is -0.375 e. The van der Waals surface area contributed by atoms with E-state index in [0.29, 0.717) is 25.1 Å². The summed E-state index contributed by atoms with van der Waals surface area (Å²) in [6.07, 6.45) is -1.87. The average molecular weight is 406 g/mol. The van der Waals surface area contributed by atoms with Crippen molar-refractivity contribution < 1.29 is 18.0 Å². The number of rotatable bonds is 5. The van der Waals surface area contributed by atoms with Crippen molar-refractivity contribution in [1.82, 2.24) is 4.98 Å². The molecular weight excluding hydrogens is 381 g/mol. The van der Waals surface area contributed by atoms with Crippen LogP contribution in [0.2, 0.25) is 0 Å². The molecule has 1 N–H and O–H groups in total. The molecule has 1 aliphatic rings. The van der Waals surface area contributed by atoms with E-state index in [1.54, 1.807) is 4.90 Å². The Morgan fingerprint density at radius 3 is 2.83 bits per heavy atom. The lowest BCUT2D eigenvalue weighted by Crippen LogP contribution is -2.42. The van der Waals surface area contributed by atoms with Gasteiger partial charge in [0.1, 0.15) is 5.82 Å². The van der Waals surface area contributed by atoms with Crippen LogP contribution in [0.4, 0.5) is 30.4 Å².